The van der Waals surface area contributed by atoms with Gasteiger partial charge in [-0.3, -0.25) is 0 Å². The number of hydrogen-bond donors (Lipinski definition) is 0. The van der Waals surface area contributed by atoms with Crippen LogP contribution in [0.5, 0.6) is 0 Å². The lowest BCUT2D eigenvalue weighted by molar-refractivity contribution is -0.886. The van der Waals surface area contributed by atoms with Gasteiger partial charge in [-0.25, -0.2) is 25.3 Å². The van der Waals surface area contributed by atoms with Crippen molar-refractivity contribution in [2.75, 3.05) is 38.4 Å². The van der Waals surface area contributed by atoms with E-state index in [2.05, 4.69) is 0 Å². The van der Waals surface area contributed by atoms with Gasteiger partial charge in [-0.1, -0.05) is 36.4 Å². The Hall–Kier alpha value is -2.57. The zero-order chi connectivity index (χ0) is 29.3. The van der Waals surface area contributed by atoms with E-state index in [4.69, 9.17) is 0 Å². The molecule has 216 valence electrons. The fraction of sp³-hybridized carbons (Fsp3) is 0.379. The zero-order valence-corrected chi connectivity index (χ0v) is 25.3. The molecule has 1 fully saturated rings. The molecule has 0 saturated carbocycles. The monoisotopic (exact) mass is 605 g/mol. The third-order valence-corrected chi connectivity index (χ3v) is 11.1. The normalized spacial score (nSPS) is 20.5. The average Bonchev–Trinajstić information content (AvgIpc) is 2.88. The minimum atomic E-state index is -3.46. The lowest BCUT2D eigenvalue weighted by Gasteiger charge is -2.48. The number of rotatable bonds is 9. The van der Waals surface area contributed by atoms with Crippen LogP contribution in [0.4, 0.5) is 0 Å². The summed E-state index contributed by atoms with van der Waals surface area (Å²) in [6.45, 7) is 1.01. The standard InChI is InChI=1S/C29H35NO7S3/c1-38(32,33)26-10-4-7-23(19-26)22-13-16-30(31,17-14-22)18-15-29(24-8-5-11-27(20-24)39(2,34)35)25-9-6-12-28(21-25)40(3,36)37/h4-12,19-22,29H,13-18H2,1-3H3. The van der Waals surface area contributed by atoms with Crippen LogP contribution in [-0.2, 0) is 29.5 Å². The Morgan fingerprint density at radius 3 is 1.57 bits per heavy atom. The Bertz CT molecular complexity index is 1630. The molecule has 1 aliphatic rings. The van der Waals surface area contributed by atoms with Crippen LogP contribution >= 0.6 is 0 Å². The van der Waals surface area contributed by atoms with Crippen LogP contribution in [0.2, 0.25) is 0 Å². The molecular weight excluding hydrogens is 571 g/mol. The van der Waals surface area contributed by atoms with Crippen LogP contribution in [0.1, 0.15) is 47.8 Å². The number of hydroxylamine groups is 3. The van der Waals surface area contributed by atoms with Crippen LogP contribution < -0.4 is 0 Å². The number of benzene rings is 3. The summed E-state index contributed by atoms with van der Waals surface area (Å²) in [5.41, 5.74) is 2.32. The smallest absolute Gasteiger partial charge is 0.175 e. The molecule has 3 aromatic carbocycles. The molecule has 40 heavy (non-hydrogen) atoms. The number of likely N-dealkylation sites (tertiary alicyclic amines) is 1. The van der Waals surface area contributed by atoms with Gasteiger partial charge >= 0.3 is 0 Å². The Balaban J connectivity index is 1.57. The van der Waals surface area contributed by atoms with Crippen molar-refractivity contribution in [2.45, 2.75) is 45.8 Å². The van der Waals surface area contributed by atoms with Crippen molar-refractivity contribution in [1.82, 2.24) is 0 Å². The van der Waals surface area contributed by atoms with Crippen LogP contribution in [0.25, 0.3) is 0 Å². The highest BCUT2D eigenvalue weighted by Crippen LogP contribution is 2.36. The molecule has 4 rings (SSSR count). The largest absolute Gasteiger partial charge is 0.633 e. The van der Waals surface area contributed by atoms with Crippen LogP contribution in [-0.4, -0.2) is 68.3 Å². The molecule has 0 radical (unpaired) electrons. The van der Waals surface area contributed by atoms with Gasteiger partial charge in [0.25, 0.3) is 0 Å². The van der Waals surface area contributed by atoms with Gasteiger partial charge in [0, 0.05) is 43.9 Å². The second-order valence-corrected chi connectivity index (χ2v) is 16.9. The first-order valence-electron chi connectivity index (χ1n) is 13.0. The van der Waals surface area contributed by atoms with Crippen molar-refractivity contribution in [3.63, 3.8) is 0 Å². The third-order valence-electron chi connectivity index (χ3n) is 7.73. The minimum absolute atomic E-state index is 0.0931. The van der Waals surface area contributed by atoms with E-state index in [1.54, 1.807) is 42.5 Å². The van der Waals surface area contributed by atoms with E-state index in [-0.39, 0.29) is 33.1 Å². The maximum absolute atomic E-state index is 13.8. The summed E-state index contributed by atoms with van der Waals surface area (Å²) in [5, 5.41) is 13.8. The van der Waals surface area contributed by atoms with Crippen molar-refractivity contribution >= 4 is 29.5 Å². The third kappa shape index (κ3) is 7.38. The molecule has 8 nitrogen and oxygen atoms in total. The van der Waals surface area contributed by atoms with Gasteiger partial charge in [-0.2, -0.15) is 0 Å². The van der Waals surface area contributed by atoms with Crippen molar-refractivity contribution in [2.24, 2.45) is 0 Å². The molecule has 0 atom stereocenters. The lowest BCUT2D eigenvalue weighted by atomic mass is 9.86. The quantitative estimate of drug-likeness (QED) is 0.263. The van der Waals surface area contributed by atoms with Gasteiger partial charge in [0.1, 0.15) is 0 Å². The number of nitrogens with zero attached hydrogens (tertiary/aromatic N) is 1. The van der Waals surface area contributed by atoms with E-state index in [1.807, 2.05) is 18.2 Å². The molecular formula is C29H35NO7S3. The van der Waals surface area contributed by atoms with Gasteiger partial charge < -0.3 is 9.85 Å². The maximum atomic E-state index is 13.8. The minimum Gasteiger partial charge on any atom is -0.633 e. The van der Waals surface area contributed by atoms with Crippen molar-refractivity contribution in [3.05, 3.63) is 94.7 Å². The van der Waals surface area contributed by atoms with Crippen LogP contribution in [0.15, 0.2) is 87.5 Å². The molecule has 3 aromatic rings. The molecule has 1 saturated heterocycles. The molecule has 1 heterocycles. The average molecular weight is 606 g/mol. The van der Waals surface area contributed by atoms with Gasteiger partial charge in [-0.15, -0.1) is 0 Å². The fourth-order valence-electron chi connectivity index (χ4n) is 5.41. The molecule has 0 aliphatic carbocycles. The van der Waals surface area contributed by atoms with E-state index < -0.39 is 34.2 Å². The molecule has 1 aliphatic heterocycles. The number of piperidine rings is 1. The molecule has 0 N–H and O–H groups in total. The number of hydrogen-bond acceptors (Lipinski definition) is 7. The fourth-order valence-corrected chi connectivity index (χ4v) is 7.44. The Morgan fingerprint density at radius 1 is 0.700 bits per heavy atom. The highest BCUT2D eigenvalue weighted by atomic mass is 32.2. The summed E-state index contributed by atoms with van der Waals surface area (Å²) < 4.78 is 72.5. The van der Waals surface area contributed by atoms with Crippen molar-refractivity contribution in [1.29, 1.82) is 0 Å². The summed E-state index contributed by atoms with van der Waals surface area (Å²) in [4.78, 5) is 0.601. The predicted octanol–water partition coefficient (Wildman–Crippen LogP) is 4.31. The SMILES string of the molecule is CS(=O)(=O)c1cccc(C2CC[N+]([O-])(CCC(c3cccc(S(C)(=O)=O)c3)c3cccc(S(C)(=O)=O)c3)CC2)c1. The number of sulfone groups is 3. The Labute approximate surface area is 237 Å². The molecule has 0 aromatic heterocycles. The van der Waals surface area contributed by atoms with Gasteiger partial charge in [-0.05, 0) is 59.0 Å². The van der Waals surface area contributed by atoms with E-state index in [1.165, 1.54) is 18.4 Å². The highest BCUT2D eigenvalue weighted by molar-refractivity contribution is 7.91. The second kappa shape index (κ2) is 11.4. The Kier molecular flexibility index (Phi) is 8.64. The lowest BCUT2D eigenvalue weighted by Crippen LogP contribution is -2.48. The Morgan fingerprint density at radius 2 is 1.12 bits per heavy atom. The van der Waals surface area contributed by atoms with Crippen molar-refractivity contribution < 1.29 is 29.9 Å². The highest BCUT2D eigenvalue weighted by Gasteiger charge is 2.30. The molecule has 11 heteroatoms. The predicted molar refractivity (Wildman–Crippen MR) is 155 cm³/mol. The molecule has 0 spiro atoms. The first-order chi connectivity index (χ1) is 18.6. The summed E-state index contributed by atoms with van der Waals surface area (Å²) in [6.07, 6.45) is 5.10. The summed E-state index contributed by atoms with van der Waals surface area (Å²) in [7, 11) is -10.3. The second-order valence-electron chi connectivity index (χ2n) is 10.9. The van der Waals surface area contributed by atoms with Gasteiger partial charge in [0.05, 0.1) is 34.3 Å². The first-order valence-corrected chi connectivity index (χ1v) is 18.7. The molecule has 0 unspecified atom stereocenters. The summed E-state index contributed by atoms with van der Waals surface area (Å²) in [6, 6.07) is 20.1. The van der Waals surface area contributed by atoms with Gasteiger partial charge in [0.15, 0.2) is 29.5 Å². The van der Waals surface area contributed by atoms with Crippen LogP contribution in [0.3, 0.4) is 0 Å². The zero-order valence-electron chi connectivity index (χ0n) is 22.9. The summed E-state index contributed by atoms with van der Waals surface area (Å²) in [5.74, 6) is -0.285. The van der Waals surface area contributed by atoms with E-state index in [9.17, 15) is 30.5 Å². The number of quaternary nitrogens is 1. The van der Waals surface area contributed by atoms with Crippen LogP contribution in [0, 0.1) is 5.21 Å². The van der Waals surface area contributed by atoms with E-state index >= 15 is 0 Å². The van der Waals surface area contributed by atoms with Gasteiger partial charge in [0.2, 0.25) is 0 Å². The molecule has 0 bridgehead atoms. The maximum Gasteiger partial charge on any atom is 0.175 e. The summed E-state index contributed by atoms with van der Waals surface area (Å²) >= 11 is 0. The van der Waals surface area contributed by atoms with Crippen molar-refractivity contribution in [3.8, 4) is 0 Å². The first kappa shape index (κ1) is 30.4. The van der Waals surface area contributed by atoms with E-state index in [0.717, 1.165) is 18.1 Å². The topological polar surface area (TPSA) is 125 Å². The molecule has 0 amide bonds. The van der Waals surface area contributed by atoms with E-state index in [0.29, 0.717) is 43.5 Å².